The smallest absolute Gasteiger partial charge is 0.390 e. The molecule has 1 aliphatic rings. The maximum Gasteiger partial charge on any atom is 0.474 e. The molecule has 0 bridgehead atoms. The summed E-state index contributed by atoms with van der Waals surface area (Å²) in [4.78, 5) is 47.0. The minimum Gasteiger partial charge on any atom is -0.390 e. The number of ether oxygens (including phenoxy) is 1. The number of aliphatic hydroxyl groups excluding tert-OH is 1. The minimum absolute atomic E-state index is 0.0476. The Labute approximate surface area is 246 Å². The van der Waals surface area contributed by atoms with Crippen LogP contribution in [0.3, 0.4) is 0 Å². The van der Waals surface area contributed by atoms with E-state index in [2.05, 4.69) is 15.0 Å². The van der Waals surface area contributed by atoms with Gasteiger partial charge in [0.05, 0.1) is 32.3 Å². The summed E-state index contributed by atoms with van der Waals surface area (Å²) in [7, 11) is -4.17. The van der Waals surface area contributed by atoms with E-state index in [1.807, 2.05) is 0 Å². The van der Waals surface area contributed by atoms with Crippen molar-refractivity contribution >= 4 is 58.7 Å². The molecule has 3 atom stereocenters. The van der Waals surface area contributed by atoms with Crippen LogP contribution in [0.4, 0.5) is 5.95 Å². The van der Waals surface area contributed by atoms with E-state index < -0.39 is 42.6 Å². The number of aliphatic hydroxyl groups is 1. The zero-order valence-corrected chi connectivity index (χ0v) is 26.5. The zero-order chi connectivity index (χ0) is 30.6. The number of nitrogens with one attached hydrogen (secondary N) is 1. The van der Waals surface area contributed by atoms with Crippen LogP contribution in [0.25, 0.3) is 11.2 Å². The highest BCUT2D eigenvalue weighted by Gasteiger charge is 2.39. The van der Waals surface area contributed by atoms with Crippen molar-refractivity contribution in [2.45, 2.75) is 66.4 Å². The van der Waals surface area contributed by atoms with Gasteiger partial charge in [-0.1, -0.05) is 65.1 Å². The van der Waals surface area contributed by atoms with E-state index in [1.54, 1.807) is 41.5 Å². The molecule has 3 rings (SSSR count). The van der Waals surface area contributed by atoms with Crippen LogP contribution < -0.4 is 11.3 Å². The van der Waals surface area contributed by atoms with E-state index in [0.717, 1.165) is 23.5 Å². The van der Waals surface area contributed by atoms with Gasteiger partial charge in [-0.25, -0.2) is 9.55 Å². The molecule has 0 saturated carbocycles. The number of thioether (sulfide) groups is 2. The van der Waals surface area contributed by atoms with Gasteiger partial charge in [-0.05, 0) is 0 Å². The van der Waals surface area contributed by atoms with E-state index in [1.165, 1.54) is 10.9 Å². The Morgan fingerprint density at radius 3 is 2.22 bits per heavy atom. The number of hydrogen-bond acceptors (Lipinski definition) is 14. The summed E-state index contributed by atoms with van der Waals surface area (Å²) in [6.45, 7) is 10.2. The first kappa shape index (κ1) is 33.7. The third-order valence-corrected chi connectivity index (χ3v) is 9.67. The number of H-pyrrole nitrogens is 1. The molecule has 2 aromatic heterocycles. The van der Waals surface area contributed by atoms with Crippen LogP contribution in [0.15, 0.2) is 11.1 Å². The Hall–Kier alpha value is -1.78. The second-order valence-electron chi connectivity index (χ2n) is 11.4. The molecular weight excluding hydrogens is 597 g/mol. The number of nitrogens with zero attached hydrogens (tertiary/aromatic N) is 3. The van der Waals surface area contributed by atoms with Gasteiger partial charge in [-0.2, -0.15) is 4.98 Å². The van der Waals surface area contributed by atoms with Gasteiger partial charge in [-0.3, -0.25) is 37.5 Å². The summed E-state index contributed by atoms with van der Waals surface area (Å²) < 4.78 is 37.3. The lowest BCUT2D eigenvalue weighted by atomic mass is 9.99. The molecule has 0 aliphatic carbocycles. The van der Waals surface area contributed by atoms with Gasteiger partial charge in [0.25, 0.3) is 5.56 Å². The normalized spacial score (nSPS) is 20.1. The molecule has 3 heterocycles. The van der Waals surface area contributed by atoms with Crippen LogP contribution in [0.1, 0.15) is 54.2 Å². The quantitative estimate of drug-likeness (QED) is 0.227. The second-order valence-corrected chi connectivity index (χ2v) is 15.2. The lowest BCUT2D eigenvalue weighted by molar-refractivity contribution is -0.118. The number of aromatic nitrogens is 4. The van der Waals surface area contributed by atoms with Gasteiger partial charge in [0, 0.05) is 28.8 Å². The molecule has 0 spiro atoms. The number of hydrogen-bond donors (Lipinski definition) is 3. The van der Waals surface area contributed by atoms with Gasteiger partial charge in [0.2, 0.25) is 5.95 Å². The highest BCUT2D eigenvalue weighted by atomic mass is 32.2. The van der Waals surface area contributed by atoms with Crippen molar-refractivity contribution in [3.63, 3.8) is 0 Å². The molecule has 41 heavy (non-hydrogen) atoms. The average Bonchev–Trinajstić information content (AvgIpc) is 3.45. The minimum atomic E-state index is -4.17. The molecule has 1 aliphatic heterocycles. The van der Waals surface area contributed by atoms with E-state index in [4.69, 9.17) is 24.0 Å². The van der Waals surface area contributed by atoms with Crippen molar-refractivity contribution in [3.8, 4) is 0 Å². The second kappa shape index (κ2) is 13.7. The maximum atomic E-state index is 13.5. The predicted molar refractivity (Wildman–Crippen MR) is 156 cm³/mol. The summed E-state index contributed by atoms with van der Waals surface area (Å²) in [5.74, 6) is 0.345. The number of phosphoric ester groups is 1. The zero-order valence-electron chi connectivity index (χ0n) is 23.9. The lowest BCUT2D eigenvalue weighted by Crippen LogP contribution is -2.26. The summed E-state index contributed by atoms with van der Waals surface area (Å²) in [6, 6.07) is 0. The summed E-state index contributed by atoms with van der Waals surface area (Å²) in [6.07, 6.45) is -1.23. The number of nitrogens with two attached hydrogens (primary N) is 1. The Bertz CT molecular complexity index is 1300. The first-order valence-electron chi connectivity index (χ1n) is 12.9. The molecular formula is C24H38N5O9PS2. The van der Waals surface area contributed by atoms with Crippen LogP contribution in [0.5, 0.6) is 0 Å². The van der Waals surface area contributed by atoms with Crippen LogP contribution in [0, 0.1) is 10.8 Å². The highest BCUT2D eigenvalue weighted by molar-refractivity contribution is 8.14. The van der Waals surface area contributed by atoms with Crippen molar-refractivity contribution < 1.29 is 37.6 Å². The SMILES string of the molecule is CC(C)(C)C(=O)SCCOP(=O)(OCCSC(=O)C(C)(C)C)OC[C@H]1O[C@@H](n2cnc3c(=O)[nH]c(N)nc32)C[C@@H]1O. The molecule has 0 unspecified atom stereocenters. The molecule has 0 amide bonds. The average molecular weight is 636 g/mol. The molecule has 1 saturated heterocycles. The number of nitrogen functional groups attached to an aromatic ring is 1. The topological polar surface area (TPSA) is 198 Å². The maximum absolute atomic E-state index is 13.5. The first-order valence-corrected chi connectivity index (χ1v) is 16.4. The molecule has 0 radical (unpaired) electrons. The molecule has 2 aromatic rings. The third kappa shape index (κ3) is 9.35. The fourth-order valence-electron chi connectivity index (χ4n) is 3.47. The largest absolute Gasteiger partial charge is 0.474 e. The van der Waals surface area contributed by atoms with Crippen molar-refractivity contribution in [1.82, 2.24) is 19.5 Å². The molecule has 17 heteroatoms. The van der Waals surface area contributed by atoms with Gasteiger partial charge in [-0.15, -0.1) is 0 Å². The standard InChI is InChI=1S/C24H38N5O9PS2/c1-23(2,3)20(32)40-9-7-35-39(34,36-8-10-41-21(33)24(4,5)6)37-12-15-14(30)11-16(38-15)29-13-26-17-18(29)27-22(25)28-19(17)31/h13-16,30H,7-12H2,1-6H3,(H3,25,27,28,31)/t14-,15+,16+/m0/s1. The Morgan fingerprint density at radius 2 is 1.68 bits per heavy atom. The number of carbonyl (C=O) groups is 2. The van der Waals surface area contributed by atoms with Crippen LogP contribution in [0.2, 0.25) is 0 Å². The fourth-order valence-corrected chi connectivity index (χ4v) is 6.47. The number of aromatic amines is 1. The number of fused-ring (bicyclic) bond motifs is 1. The first-order chi connectivity index (χ1) is 19.0. The number of rotatable bonds is 12. The van der Waals surface area contributed by atoms with E-state index in [9.17, 15) is 24.1 Å². The highest BCUT2D eigenvalue weighted by Crippen LogP contribution is 2.50. The number of carbonyl (C=O) groups excluding carboxylic acids is 2. The van der Waals surface area contributed by atoms with Crippen molar-refractivity contribution in [2.75, 3.05) is 37.1 Å². The van der Waals surface area contributed by atoms with Gasteiger partial charge in [0.1, 0.15) is 12.3 Å². The van der Waals surface area contributed by atoms with Crippen LogP contribution in [-0.4, -0.2) is 78.4 Å². The van der Waals surface area contributed by atoms with Crippen molar-refractivity contribution in [3.05, 3.63) is 16.7 Å². The fraction of sp³-hybridized carbons (Fsp3) is 0.708. The monoisotopic (exact) mass is 635 g/mol. The number of phosphoric acid groups is 1. The Kier molecular flexibility index (Phi) is 11.2. The molecule has 14 nitrogen and oxygen atoms in total. The summed E-state index contributed by atoms with van der Waals surface area (Å²) in [5.41, 5.74) is 4.32. The van der Waals surface area contributed by atoms with Crippen molar-refractivity contribution in [1.29, 1.82) is 0 Å². The number of imidazole rings is 1. The molecule has 230 valence electrons. The van der Waals surface area contributed by atoms with E-state index >= 15 is 0 Å². The Balaban J connectivity index is 1.62. The lowest BCUT2D eigenvalue weighted by Gasteiger charge is -2.22. The predicted octanol–water partition coefficient (Wildman–Crippen LogP) is 3.12. The van der Waals surface area contributed by atoms with Crippen LogP contribution >= 0.6 is 31.3 Å². The summed E-state index contributed by atoms with van der Waals surface area (Å²) in [5, 5.41) is 10.5. The number of anilines is 1. The van der Waals surface area contributed by atoms with E-state index in [-0.39, 0.29) is 65.1 Å². The van der Waals surface area contributed by atoms with Crippen LogP contribution in [-0.2, 0) is 32.5 Å². The van der Waals surface area contributed by atoms with Gasteiger partial charge >= 0.3 is 7.82 Å². The van der Waals surface area contributed by atoms with Crippen molar-refractivity contribution in [2.24, 2.45) is 10.8 Å². The molecule has 1 fully saturated rings. The molecule has 4 N–H and O–H groups in total. The van der Waals surface area contributed by atoms with Gasteiger partial charge < -0.3 is 15.6 Å². The third-order valence-electron chi connectivity index (χ3n) is 5.72. The summed E-state index contributed by atoms with van der Waals surface area (Å²) >= 11 is 2.09. The Morgan fingerprint density at radius 1 is 1.12 bits per heavy atom. The van der Waals surface area contributed by atoms with Gasteiger partial charge in [0.15, 0.2) is 21.4 Å². The van der Waals surface area contributed by atoms with E-state index in [0.29, 0.717) is 0 Å². The molecule has 0 aromatic carbocycles.